The van der Waals surface area contributed by atoms with Gasteiger partial charge in [0.05, 0.1) is 17.6 Å². The van der Waals surface area contributed by atoms with Crippen molar-refractivity contribution in [3.63, 3.8) is 0 Å². The number of carbonyl (C=O) groups is 1. The van der Waals surface area contributed by atoms with Gasteiger partial charge < -0.3 is 9.64 Å². The summed E-state index contributed by atoms with van der Waals surface area (Å²) in [6.45, 7) is 8.57. The lowest BCUT2D eigenvalue weighted by molar-refractivity contribution is 0.0681. The van der Waals surface area contributed by atoms with E-state index in [9.17, 15) is 13.2 Å². The molecule has 2 aromatic carbocycles. The molecule has 0 N–H and O–H groups in total. The van der Waals surface area contributed by atoms with Crippen LogP contribution in [-0.2, 0) is 16.4 Å². The van der Waals surface area contributed by atoms with Crippen LogP contribution in [-0.4, -0.2) is 42.9 Å². The van der Waals surface area contributed by atoms with Crippen molar-refractivity contribution in [3.8, 4) is 5.75 Å². The molecule has 1 atom stereocenters. The summed E-state index contributed by atoms with van der Waals surface area (Å²) >= 11 is 0. The molecule has 30 heavy (non-hydrogen) atoms. The zero-order chi connectivity index (χ0) is 21.9. The van der Waals surface area contributed by atoms with Crippen LogP contribution in [0.3, 0.4) is 0 Å². The number of hydrogen-bond acceptors (Lipinski definition) is 4. The number of rotatable bonds is 7. The second kappa shape index (κ2) is 9.21. The van der Waals surface area contributed by atoms with Crippen molar-refractivity contribution in [3.05, 3.63) is 65.2 Å². The zero-order valence-electron chi connectivity index (χ0n) is 18.2. The maximum Gasteiger partial charge on any atom is 0.254 e. The molecule has 162 valence electrons. The molecule has 6 heteroatoms. The monoisotopic (exact) mass is 429 g/mol. The van der Waals surface area contributed by atoms with Crippen LogP contribution in [0.4, 0.5) is 0 Å². The predicted molar refractivity (Wildman–Crippen MR) is 120 cm³/mol. The first-order valence-corrected chi connectivity index (χ1v) is 12.3. The Labute approximate surface area is 180 Å². The maximum atomic E-state index is 13.3. The minimum atomic E-state index is -3.10. The first-order chi connectivity index (χ1) is 14.1. The predicted octanol–water partition coefficient (Wildman–Crippen LogP) is 4.43. The lowest BCUT2D eigenvalue weighted by Crippen LogP contribution is -2.40. The quantitative estimate of drug-likeness (QED) is 0.653. The molecule has 0 unspecified atom stereocenters. The fourth-order valence-electron chi connectivity index (χ4n) is 3.71. The number of benzene rings is 2. The van der Waals surface area contributed by atoms with Gasteiger partial charge in [0.1, 0.15) is 5.75 Å². The van der Waals surface area contributed by atoms with E-state index in [0.717, 1.165) is 5.56 Å². The molecule has 1 saturated heterocycles. The van der Waals surface area contributed by atoms with Gasteiger partial charge in [-0.25, -0.2) is 8.42 Å². The van der Waals surface area contributed by atoms with Gasteiger partial charge in [-0.1, -0.05) is 38.1 Å². The molecule has 0 aliphatic carbocycles. The Morgan fingerprint density at radius 2 is 1.67 bits per heavy atom. The second-order valence-electron chi connectivity index (χ2n) is 8.58. The molecule has 1 aliphatic rings. The Morgan fingerprint density at radius 1 is 1.03 bits per heavy atom. The number of amides is 1. The van der Waals surface area contributed by atoms with Crippen LogP contribution in [0.25, 0.3) is 0 Å². The van der Waals surface area contributed by atoms with Gasteiger partial charge in [0, 0.05) is 18.2 Å². The number of ether oxygens (including phenoxy) is 1. The molecule has 0 saturated carbocycles. The van der Waals surface area contributed by atoms with Gasteiger partial charge in [0.15, 0.2) is 9.84 Å². The summed E-state index contributed by atoms with van der Waals surface area (Å²) in [5.74, 6) is 1.15. The van der Waals surface area contributed by atoms with Crippen molar-refractivity contribution < 1.29 is 17.9 Å². The van der Waals surface area contributed by atoms with E-state index in [1.807, 2.05) is 26.0 Å². The molecule has 1 heterocycles. The van der Waals surface area contributed by atoms with Gasteiger partial charge >= 0.3 is 0 Å². The lowest BCUT2D eigenvalue weighted by atomic mass is 10.0. The third-order valence-corrected chi connectivity index (χ3v) is 7.13. The Kier molecular flexibility index (Phi) is 6.86. The molecule has 0 aromatic heterocycles. The molecule has 5 nitrogen and oxygen atoms in total. The van der Waals surface area contributed by atoms with E-state index in [2.05, 4.69) is 26.0 Å². The number of nitrogens with zero attached hydrogens (tertiary/aromatic N) is 1. The van der Waals surface area contributed by atoms with Crippen LogP contribution in [0.2, 0.25) is 0 Å². The van der Waals surface area contributed by atoms with E-state index >= 15 is 0 Å². The minimum Gasteiger partial charge on any atom is -0.491 e. The molecular weight excluding hydrogens is 398 g/mol. The maximum absolute atomic E-state index is 13.3. The minimum absolute atomic E-state index is 0.0252. The van der Waals surface area contributed by atoms with Crippen LogP contribution < -0.4 is 4.74 Å². The van der Waals surface area contributed by atoms with Crippen molar-refractivity contribution in [1.29, 1.82) is 0 Å². The Balaban J connectivity index is 1.84. The van der Waals surface area contributed by atoms with Gasteiger partial charge in [-0.3, -0.25) is 4.79 Å². The summed E-state index contributed by atoms with van der Waals surface area (Å²) < 4.78 is 29.8. The lowest BCUT2D eigenvalue weighted by Gasteiger charge is -2.29. The molecule has 3 rings (SSSR count). The molecule has 1 amide bonds. The van der Waals surface area contributed by atoms with E-state index in [1.165, 1.54) is 5.56 Å². The summed E-state index contributed by atoms with van der Waals surface area (Å²) in [7, 11) is -3.10. The molecule has 1 aliphatic heterocycles. The van der Waals surface area contributed by atoms with Gasteiger partial charge in [0.2, 0.25) is 0 Å². The highest BCUT2D eigenvalue weighted by molar-refractivity contribution is 7.91. The summed E-state index contributed by atoms with van der Waals surface area (Å²) in [5.41, 5.74) is 2.77. The third kappa shape index (κ3) is 5.63. The van der Waals surface area contributed by atoms with Crippen LogP contribution >= 0.6 is 0 Å². The Morgan fingerprint density at radius 3 is 2.17 bits per heavy atom. The van der Waals surface area contributed by atoms with Crippen LogP contribution in [0.1, 0.15) is 61.5 Å². The van der Waals surface area contributed by atoms with Gasteiger partial charge in [-0.2, -0.15) is 0 Å². The van der Waals surface area contributed by atoms with Crippen LogP contribution in [0.5, 0.6) is 5.75 Å². The third-order valence-electron chi connectivity index (χ3n) is 5.38. The highest BCUT2D eigenvalue weighted by Crippen LogP contribution is 2.24. The molecular formula is C24H31NO4S. The first kappa shape index (κ1) is 22.3. The SMILES string of the molecule is CC(C)Oc1ccc(C(=O)N(Cc2ccc(C(C)C)cc2)[C@H]2CCS(=O)(=O)C2)cc1. The van der Waals surface area contributed by atoms with Crippen LogP contribution in [0, 0.1) is 0 Å². The summed E-state index contributed by atoms with van der Waals surface area (Å²) in [6.07, 6.45) is 0.535. The number of carbonyl (C=O) groups excluding carboxylic acids is 1. The average molecular weight is 430 g/mol. The van der Waals surface area contributed by atoms with E-state index in [0.29, 0.717) is 30.2 Å². The Hall–Kier alpha value is -2.34. The van der Waals surface area contributed by atoms with E-state index in [-0.39, 0.29) is 29.6 Å². The molecule has 1 fully saturated rings. The van der Waals surface area contributed by atoms with E-state index in [1.54, 1.807) is 29.2 Å². The van der Waals surface area contributed by atoms with Crippen molar-refractivity contribution in [1.82, 2.24) is 4.90 Å². The smallest absolute Gasteiger partial charge is 0.254 e. The average Bonchev–Trinajstić information content (AvgIpc) is 3.05. The molecule has 2 aromatic rings. The van der Waals surface area contributed by atoms with Crippen molar-refractivity contribution in [2.24, 2.45) is 0 Å². The standard InChI is InChI=1S/C24H31NO4S/c1-17(2)20-7-5-19(6-8-20)15-25(22-13-14-30(27,28)16-22)24(26)21-9-11-23(12-10-21)29-18(3)4/h5-12,17-18,22H,13-16H2,1-4H3/t22-/m0/s1. The summed E-state index contributed by atoms with van der Waals surface area (Å²) in [4.78, 5) is 15.1. The highest BCUT2D eigenvalue weighted by Gasteiger charge is 2.35. The Bertz CT molecular complexity index is 963. The van der Waals surface area contributed by atoms with E-state index in [4.69, 9.17) is 4.74 Å². The van der Waals surface area contributed by atoms with Gasteiger partial charge in [-0.05, 0) is 61.6 Å². The second-order valence-corrected chi connectivity index (χ2v) is 10.8. The topological polar surface area (TPSA) is 63.7 Å². The van der Waals surface area contributed by atoms with E-state index < -0.39 is 9.84 Å². The molecule has 0 bridgehead atoms. The largest absolute Gasteiger partial charge is 0.491 e. The molecule has 0 radical (unpaired) electrons. The zero-order valence-corrected chi connectivity index (χ0v) is 19.0. The highest BCUT2D eigenvalue weighted by atomic mass is 32.2. The normalized spacial score (nSPS) is 18.0. The molecule has 0 spiro atoms. The fraction of sp³-hybridized carbons (Fsp3) is 0.458. The van der Waals surface area contributed by atoms with Crippen LogP contribution in [0.15, 0.2) is 48.5 Å². The first-order valence-electron chi connectivity index (χ1n) is 10.5. The van der Waals surface area contributed by atoms with Gasteiger partial charge in [-0.15, -0.1) is 0 Å². The summed E-state index contributed by atoms with van der Waals surface area (Å²) in [5, 5.41) is 0. The van der Waals surface area contributed by atoms with Gasteiger partial charge in [0.25, 0.3) is 5.91 Å². The summed E-state index contributed by atoms with van der Waals surface area (Å²) in [6, 6.07) is 15.0. The van der Waals surface area contributed by atoms with Crippen molar-refractivity contribution >= 4 is 15.7 Å². The number of sulfone groups is 1. The fourth-order valence-corrected chi connectivity index (χ4v) is 5.44. The van der Waals surface area contributed by atoms with Crippen molar-refractivity contribution in [2.75, 3.05) is 11.5 Å². The van der Waals surface area contributed by atoms with Crippen molar-refractivity contribution in [2.45, 2.75) is 58.7 Å². The number of hydrogen-bond donors (Lipinski definition) is 0.